The molecule has 0 aliphatic heterocycles. The number of halogens is 3. The first-order chi connectivity index (χ1) is 15.1. The van der Waals surface area contributed by atoms with Gasteiger partial charge in [-0.3, -0.25) is 0 Å². The van der Waals surface area contributed by atoms with Crippen LogP contribution in [0.1, 0.15) is 12.5 Å². The fourth-order valence-electron chi connectivity index (χ4n) is 2.70. The highest BCUT2D eigenvalue weighted by molar-refractivity contribution is 7.99. The maximum atomic E-state index is 12.7. The highest BCUT2D eigenvalue weighted by Crippen LogP contribution is 2.32. The van der Waals surface area contributed by atoms with Gasteiger partial charge in [-0.15, -0.1) is 11.8 Å². The number of rotatable bonds is 8. The van der Waals surface area contributed by atoms with E-state index in [0.717, 1.165) is 22.8 Å². The molecule has 3 rings (SSSR count). The minimum atomic E-state index is -4.41. The van der Waals surface area contributed by atoms with Gasteiger partial charge in [-0.2, -0.15) is 13.2 Å². The summed E-state index contributed by atoms with van der Waals surface area (Å²) in [6, 6.07) is 10.9. The van der Waals surface area contributed by atoms with E-state index in [0.29, 0.717) is 23.0 Å². The summed E-state index contributed by atoms with van der Waals surface area (Å²) in [6.07, 6.45) is -3.12. The smallest absolute Gasteiger partial charge is 0.340 e. The summed E-state index contributed by atoms with van der Waals surface area (Å²) in [4.78, 5) is 9.16. The number of nitrogens with zero attached hydrogens (tertiary/aromatic N) is 2. The maximum Gasteiger partial charge on any atom is 0.416 e. The van der Waals surface area contributed by atoms with E-state index in [-0.39, 0.29) is 4.90 Å². The molecule has 1 aromatic heterocycles. The Morgan fingerprint density at radius 3 is 2.22 bits per heavy atom. The van der Waals surface area contributed by atoms with E-state index in [1.54, 1.807) is 12.1 Å². The summed E-state index contributed by atoms with van der Waals surface area (Å²) >= 11 is 1.53. The Morgan fingerprint density at radius 2 is 1.62 bits per heavy atom. The van der Waals surface area contributed by atoms with Gasteiger partial charge in [0.05, 0.1) is 16.1 Å². The lowest BCUT2D eigenvalue weighted by Gasteiger charge is -2.14. The molecule has 7 nitrogen and oxygen atoms in total. The highest BCUT2D eigenvalue weighted by Gasteiger charge is 2.29. The van der Waals surface area contributed by atoms with E-state index in [1.165, 1.54) is 49.4 Å². The predicted molar refractivity (Wildman–Crippen MR) is 119 cm³/mol. The molecule has 170 valence electrons. The van der Waals surface area contributed by atoms with Gasteiger partial charge in [0.1, 0.15) is 18.0 Å². The fraction of sp³-hybridized carbons (Fsp3) is 0.200. The van der Waals surface area contributed by atoms with Gasteiger partial charge in [0.25, 0.3) is 0 Å². The second-order valence-corrected chi connectivity index (χ2v) is 9.60. The predicted octanol–water partition coefficient (Wildman–Crippen LogP) is 5.00. The number of hydrogen-bond donors (Lipinski definition) is 3. The molecule has 0 amide bonds. The number of thioether (sulfide) groups is 1. The summed E-state index contributed by atoms with van der Waals surface area (Å²) in [5.74, 6) is 1.51. The molecule has 0 aliphatic rings. The van der Waals surface area contributed by atoms with Crippen molar-refractivity contribution in [1.29, 1.82) is 0 Å². The summed E-state index contributed by atoms with van der Waals surface area (Å²) in [6.45, 7) is 1.98. The number of anilines is 4. The molecule has 0 atom stereocenters. The molecule has 3 aromatic rings. The van der Waals surface area contributed by atoms with Gasteiger partial charge in [0.2, 0.25) is 10.0 Å². The van der Waals surface area contributed by atoms with E-state index in [4.69, 9.17) is 0 Å². The van der Waals surface area contributed by atoms with Crippen LogP contribution in [0.2, 0.25) is 0 Å². The zero-order valence-electron chi connectivity index (χ0n) is 17.1. The quantitative estimate of drug-likeness (QED) is 0.388. The summed E-state index contributed by atoms with van der Waals surface area (Å²) in [5, 5.41) is 6.02. The van der Waals surface area contributed by atoms with E-state index >= 15 is 0 Å². The average Bonchev–Trinajstić information content (AvgIpc) is 2.75. The van der Waals surface area contributed by atoms with Crippen LogP contribution in [0.3, 0.4) is 0 Å². The number of nitrogens with one attached hydrogen (secondary N) is 3. The molecule has 2 aromatic carbocycles. The Labute approximate surface area is 187 Å². The molecule has 0 radical (unpaired) electrons. The average molecular weight is 484 g/mol. The summed E-state index contributed by atoms with van der Waals surface area (Å²) in [5.41, 5.74) is 0.227. The zero-order valence-corrected chi connectivity index (χ0v) is 18.7. The molecular weight excluding hydrogens is 463 g/mol. The van der Waals surface area contributed by atoms with Gasteiger partial charge in [-0.05, 0) is 55.3 Å². The van der Waals surface area contributed by atoms with Crippen LogP contribution in [0.5, 0.6) is 0 Å². The lowest BCUT2D eigenvalue weighted by molar-refractivity contribution is -0.137. The number of hydrogen-bond acceptors (Lipinski definition) is 7. The molecule has 0 saturated heterocycles. The molecule has 0 aliphatic carbocycles. The van der Waals surface area contributed by atoms with Crippen LogP contribution in [0, 0.1) is 0 Å². The third-order valence-electron chi connectivity index (χ3n) is 4.24. The molecule has 0 unspecified atom stereocenters. The van der Waals surface area contributed by atoms with Crippen molar-refractivity contribution in [3.05, 3.63) is 60.4 Å². The van der Waals surface area contributed by atoms with E-state index in [1.807, 2.05) is 6.92 Å². The number of benzene rings is 2. The highest BCUT2D eigenvalue weighted by atomic mass is 32.2. The Morgan fingerprint density at radius 1 is 0.969 bits per heavy atom. The van der Waals surface area contributed by atoms with Gasteiger partial charge in [-0.1, -0.05) is 6.92 Å². The van der Waals surface area contributed by atoms with E-state index in [9.17, 15) is 21.6 Å². The van der Waals surface area contributed by atoms with Crippen LogP contribution in [0.4, 0.5) is 36.2 Å². The Bertz CT molecular complexity index is 1190. The molecule has 0 fully saturated rings. The van der Waals surface area contributed by atoms with Crippen molar-refractivity contribution in [2.24, 2.45) is 0 Å². The molecule has 1 heterocycles. The van der Waals surface area contributed by atoms with Crippen molar-refractivity contribution in [1.82, 2.24) is 14.7 Å². The summed E-state index contributed by atoms with van der Waals surface area (Å²) in [7, 11) is -2.30. The van der Waals surface area contributed by atoms with Crippen molar-refractivity contribution < 1.29 is 21.6 Å². The van der Waals surface area contributed by atoms with Gasteiger partial charge >= 0.3 is 6.18 Å². The largest absolute Gasteiger partial charge is 0.416 e. The van der Waals surface area contributed by atoms with Crippen LogP contribution < -0.4 is 15.4 Å². The molecule has 0 bridgehead atoms. The van der Waals surface area contributed by atoms with Gasteiger partial charge in [0.15, 0.2) is 0 Å². The van der Waals surface area contributed by atoms with Gasteiger partial charge in [0, 0.05) is 16.6 Å². The third-order valence-corrected chi connectivity index (χ3v) is 6.61. The Hall–Kier alpha value is -2.83. The molecule has 12 heteroatoms. The second kappa shape index (κ2) is 9.76. The SMILES string of the molecule is CCSc1ccc(S(=O)(=O)NC)cc1Nc1cc(Nc2ccc(C(F)(F)F)cc2)ncn1. The van der Waals surface area contributed by atoms with Crippen molar-refractivity contribution in [3.63, 3.8) is 0 Å². The van der Waals surface area contributed by atoms with Gasteiger partial charge < -0.3 is 10.6 Å². The van der Waals surface area contributed by atoms with Crippen LogP contribution >= 0.6 is 11.8 Å². The second-order valence-electron chi connectivity index (χ2n) is 6.41. The first kappa shape index (κ1) is 23.8. The summed E-state index contributed by atoms with van der Waals surface area (Å²) < 4.78 is 64.8. The first-order valence-electron chi connectivity index (χ1n) is 9.36. The van der Waals surface area contributed by atoms with Crippen LogP contribution in [0.15, 0.2) is 64.6 Å². The molecule has 3 N–H and O–H groups in total. The standard InChI is InChI=1S/C20H20F3N5O2S2/c1-3-31-17-9-8-15(32(29,30)24-2)10-16(17)28-19-11-18(25-12-26-19)27-14-6-4-13(5-7-14)20(21,22)23/h4-12,24H,3H2,1-2H3,(H2,25,26,27,28). The van der Waals surface area contributed by atoms with Crippen LogP contribution in [0.25, 0.3) is 0 Å². The molecule has 32 heavy (non-hydrogen) atoms. The maximum absolute atomic E-state index is 12.7. The topological polar surface area (TPSA) is 96.0 Å². The lowest BCUT2D eigenvalue weighted by Crippen LogP contribution is -2.18. The zero-order chi connectivity index (χ0) is 23.4. The first-order valence-corrected chi connectivity index (χ1v) is 11.8. The monoisotopic (exact) mass is 483 g/mol. The molecular formula is C20H20F3N5O2S2. The Kier molecular flexibility index (Phi) is 7.26. The van der Waals surface area contributed by atoms with E-state index < -0.39 is 21.8 Å². The fourth-order valence-corrected chi connectivity index (χ4v) is 4.19. The molecule has 0 saturated carbocycles. The number of alkyl halides is 3. The van der Waals surface area contributed by atoms with Crippen molar-refractivity contribution in [3.8, 4) is 0 Å². The minimum absolute atomic E-state index is 0.0973. The Balaban J connectivity index is 1.84. The van der Waals surface area contributed by atoms with E-state index in [2.05, 4.69) is 25.3 Å². The van der Waals surface area contributed by atoms with Crippen LogP contribution in [-0.4, -0.2) is 31.2 Å². The third kappa shape index (κ3) is 5.90. The van der Waals surface area contributed by atoms with Crippen molar-refractivity contribution in [2.45, 2.75) is 22.9 Å². The number of sulfonamides is 1. The van der Waals surface area contributed by atoms with Crippen molar-refractivity contribution in [2.75, 3.05) is 23.4 Å². The van der Waals surface area contributed by atoms with Crippen molar-refractivity contribution >= 4 is 44.8 Å². The molecule has 0 spiro atoms. The lowest BCUT2D eigenvalue weighted by atomic mass is 10.2. The minimum Gasteiger partial charge on any atom is -0.340 e. The van der Waals surface area contributed by atoms with Gasteiger partial charge in [-0.25, -0.2) is 23.1 Å². The van der Waals surface area contributed by atoms with Crippen LogP contribution in [-0.2, 0) is 16.2 Å². The normalized spacial score (nSPS) is 11.9. The number of aromatic nitrogens is 2.